The van der Waals surface area contributed by atoms with Crippen LogP contribution >= 0.6 is 0 Å². The van der Waals surface area contributed by atoms with Crippen molar-refractivity contribution in [2.75, 3.05) is 25.0 Å². The van der Waals surface area contributed by atoms with Crippen LogP contribution in [0, 0.1) is 13.8 Å². The Labute approximate surface area is 203 Å². The number of nitrogens with zero attached hydrogens (tertiary/aromatic N) is 1. The number of carbonyl (C=O) groups is 2. The molecule has 0 aliphatic carbocycles. The lowest BCUT2D eigenvalue weighted by Gasteiger charge is -2.18. The first-order valence-electron chi connectivity index (χ1n) is 13.2. The van der Waals surface area contributed by atoms with E-state index in [1.165, 1.54) is 57.8 Å². The Morgan fingerprint density at radius 3 is 1.67 bits per heavy atom. The number of nitrogens with one attached hydrogen (secondary N) is 1. The number of carboxylic acid groups (broad SMARTS) is 1. The Morgan fingerprint density at radius 1 is 0.788 bits per heavy atom. The molecule has 0 unspecified atom stereocenters. The molecule has 0 bridgehead atoms. The van der Waals surface area contributed by atoms with Crippen LogP contribution in [0.1, 0.15) is 109 Å². The Hall–Kier alpha value is -1.88. The number of amides is 1. The summed E-state index contributed by atoms with van der Waals surface area (Å²) in [4.78, 5) is 24.3. The zero-order valence-corrected chi connectivity index (χ0v) is 22.0. The number of rotatable bonds is 17. The van der Waals surface area contributed by atoms with Crippen molar-refractivity contribution in [3.63, 3.8) is 0 Å². The van der Waals surface area contributed by atoms with Gasteiger partial charge in [-0.2, -0.15) is 0 Å². The number of hydrogen-bond acceptors (Lipinski definition) is 3. The van der Waals surface area contributed by atoms with E-state index < -0.39 is 5.97 Å². The number of anilines is 1. The molecule has 0 saturated heterocycles. The maximum atomic E-state index is 11.9. The van der Waals surface area contributed by atoms with E-state index in [4.69, 9.17) is 5.11 Å². The fourth-order valence-corrected chi connectivity index (χ4v) is 3.78. The first-order valence-corrected chi connectivity index (χ1v) is 13.2. The van der Waals surface area contributed by atoms with Crippen LogP contribution < -0.4 is 5.32 Å². The average molecular weight is 463 g/mol. The third-order valence-electron chi connectivity index (χ3n) is 6.00. The highest BCUT2D eigenvalue weighted by atomic mass is 16.4. The minimum atomic E-state index is -0.657. The van der Waals surface area contributed by atoms with Gasteiger partial charge in [0, 0.05) is 12.1 Å². The number of benzene rings is 1. The number of aryl methyl sites for hydroxylation is 2. The van der Waals surface area contributed by atoms with Gasteiger partial charge in [0.05, 0.1) is 6.54 Å². The Bertz CT molecular complexity index is 622. The SMILES string of the molecule is CCCCCCCCCCCCCC(=O)O.CCN(CC)CC(=O)Nc1c(C)cccc1C. The second kappa shape index (κ2) is 20.7. The van der Waals surface area contributed by atoms with Crippen LogP contribution in [0.25, 0.3) is 0 Å². The van der Waals surface area contributed by atoms with E-state index in [1.54, 1.807) is 0 Å². The Balaban J connectivity index is 0.000000622. The van der Waals surface area contributed by atoms with Crippen molar-refractivity contribution in [2.45, 2.75) is 112 Å². The first kappa shape index (κ1) is 31.1. The van der Waals surface area contributed by atoms with Gasteiger partial charge in [-0.05, 0) is 44.5 Å². The van der Waals surface area contributed by atoms with Gasteiger partial charge in [0.1, 0.15) is 0 Å². The topological polar surface area (TPSA) is 69.6 Å². The quantitative estimate of drug-likeness (QED) is 0.237. The van der Waals surface area contributed by atoms with E-state index in [2.05, 4.69) is 31.0 Å². The van der Waals surface area contributed by atoms with Crippen LogP contribution in [0.2, 0.25) is 0 Å². The summed E-state index contributed by atoms with van der Waals surface area (Å²) >= 11 is 0. The number of likely N-dealkylation sites (N-methyl/N-ethyl adjacent to an activating group) is 1. The molecule has 5 heteroatoms. The molecule has 0 heterocycles. The molecule has 1 rings (SSSR count). The number of carboxylic acids is 1. The van der Waals surface area contributed by atoms with Crippen LogP contribution in [0.5, 0.6) is 0 Å². The summed E-state index contributed by atoms with van der Waals surface area (Å²) in [6, 6.07) is 6.03. The van der Waals surface area contributed by atoms with Gasteiger partial charge in [-0.1, -0.05) is 103 Å². The fourth-order valence-electron chi connectivity index (χ4n) is 3.78. The predicted molar refractivity (Wildman–Crippen MR) is 141 cm³/mol. The first-order chi connectivity index (χ1) is 15.8. The molecule has 5 nitrogen and oxygen atoms in total. The second-order valence-electron chi connectivity index (χ2n) is 8.96. The van der Waals surface area contributed by atoms with Gasteiger partial charge in [0.15, 0.2) is 0 Å². The monoisotopic (exact) mass is 462 g/mol. The zero-order chi connectivity index (χ0) is 24.9. The van der Waals surface area contributed by atoms with Gasteiger partial charge in [0.2, 0.25) is 5.91 Å². The van der Waals surface area contributed by atoms with E-state index >= 15 is 0 Å². The normalized spacial score (nSPS) is 10.6. The van der Waals surface area contributed by atoms with E-state index in [0.29, 0.717) is 13.0 Å². The molecule has 0 saturated carbocycles. The molecule has 1 amide bonds. The minimum absolute atomic E-state index is 0.0612. The molecular formula is C28H50N2O3. The van der Waals surface area contributed by atoms with Crippen LogP contribution in [0.4, 0.5) is 5.69 Å². The molecule has 33 heavy (non-hydrogen) atoms. The van der Waals surface area contributed by atoms with Gasteiger partial charge in [-0.3, -0.25) is 14.5 Å². The highest BCUT2D eigenvalue weighted by molar-refractivity contribution is 5.93. The van der Waals surface area contributed by atoms with E-state index in [-0.39, 0.29) is 5.91 Å². The van der Waals surface area contributed by atoms with Crippen molar-refractivity contribution in [1.82, 2.24) is 4.90 Å². The standard InChI is InChI=1S/C14H22N2O.C14H28O2/c1-5-16(6-2)10-13(17)15-14-11(3)8-7-9-12(14)4;1-2-3-4-5-6-7-8-9-10-11-12-13-14(15)16/h7-9H,5-6,10H2,1-4H3,(H,15,17);2-13H2,1H3,(H,15,16). The van der Waals surface area contributed by atoms with Gasteiger partial charge < -0.3 is 10.4 Å². The number of unbranched alkanes of at least 4 members (excludes halogenated alkanes) is 10. The summed E-state index contributed by atoms with van der Waals surface area (Å²) in [5.74, 6) is -0.595. The molecule has 0 radical (unpaired) electrons. The van der Waals surface area contributed by atoms with Gasteiger partial charge in [0.25, 0.3) is 0 Å². The number of carbonyl (C=O) groups excluding carboxylic acids is 1. The molecule has 0 aromatic heterocycles. The molecule has 0 fully saturated rings. The van der Waals surface area contributed by atoms with Gasteiger partial charge in [-0.15, -0.1) is 0 Å². The highest BCUT2D eigenvalue weighted by Gasteiger charge is 2.10. The number of hydrogen-bond donors (Lipinski definition) is 2. The fraction of sp³-hybridized carbons (Fsp3) is 0.714. The summed E-state index contributed by atoms with van der Waals surface area (Å²) < 4.78 is 0. The third-order valence-corrected chi connectivity index (χ3v) is 6.00. The lowest BCUT2D eigenvalue weighted by molar-refractivity contribution is -0.137. The van der Waals surface area contributed by atoms with Crippen LogP contribution in [0.15, 0.2) is 18.2 Å². The molecule has 0 aliphatic rings. The average Bonchev–Trinajstić information content (AvgIpc) is 2.78. The predicted octanol–water partition coefficient (Wildman–Crippen LogP) is 7.36. The van der Waals surface area contributed by atoms with Crippen molar-refractivity contribution in [1.29, 1.82) is 0 Å². The molecular weight excluding hydrogens is 412 g/mol. The minimum Gasteiger partial charge on any atom is -0.481 e. The largest absolute Gasteiger partial charge is 0.481 e. The van der Waals surface area contributed by atoms with Crippen LogP contribution in [-0.2, 0) is 9.59 Å². The van der Waals surface area contributed by atoms with E-state index in [9.17, 15) is 9.59 Å². The van der Waals surface area contributed by atoms with Crippen molar-refractivity contribution in [3.8, 4) is 0 Å². The van der Waals surface area contributed by atoms with Crippen LogP contribution in [0.3, 0.4) is 0 Å². The maximum absolute atomic E-state index is 11.9. The lowest BCUT2D eigenvalue weighted by Crippen LogP contribution is -2.33. The molecule has 1 aromatic rings. The summed E-state index contributed by atoms with van der Waals surface area (Å²) in [5, 5.41) is 11.5. The molecule has 2 N–H and O–H groups in total. The Kier molecular flexibility index (Phi) is 19.5. The van der Waals surface area contributed by atoms with Crippen molar-refractivity contribution < 1.29 is 14.7 Å². The lowest BCUT2D eigenvalue weighted by atomic mass is 10.1. The summed E-state index contributed by atoms with van der Waals surface area (Å²) in [7, 11) is 0. The van der Waals surface area contributed by atoms with E-state index in [1.807, 2.05) is 32.0 Å². The summed E-state index contributed by atoms with van der Waals surface area (Å²) in [5.41, 5.74) is 3.17. The second-order valence-corrected chi connectivity index (χ2v) is 8.96. The smallest absolute Gasteiger partial charge is 0.303 e. The molecule has 0 atom stereocenters. The van der Waals surface area contributed by atoms with Gasteiger partial charge >= 0.3 is 5.97 Å². The van der Waals surface area contributed by atoms with Crippen molar-refractivity contribution in [3.05, 3.63) is 29.3 Å². The molecule has 1 aromatic carbocycles. The summed E-state index contributed by atoms with van der Waals surface area (Å²) in [6.45, 7) is 12.7. The van der Waals surface area contributed by atoms with Crippen molar-refractivity contribution >= 4 is 17.6 Å². The van der Waals surface area contributed by atoms with Crippen molar-refractivity contribution in [2.24, 2.45) is 0 Å². The summed E-state index contributed by atoms with van der Waals surface area (Å²) in [6.07, 6.45) is 14.4. The van der Waals surface area contributed by atoms with E-state index in [0.717, 1.165) is 42.7 Å². The highest BCUT2D eigenvalue weighted by Crippen LogP contribution is 2.19. The number of para-hydroxylation sites is 1. The van der Waals surface area contributed by atoms with Gasteiger partial charge in [-0.25, -0.2) is 0 Å². The molecule has 0 aliphatic heterocycles. The number of aliphatic carboxylic acids is 1. The molecule has 0 spiro atoms. The molecule has 190 valence electrons. The van der Waals surface area contributed by atoms with Crippen LogP contribution in [-0.4, -0.2) is 41.5 Å². The third kappa shape index (κ3) is 17.3. The zero-order valence-electron chi connectivity index (χ0n) is 22.0. The maximum Gasteiger partial charge on any atom is 0.303 e. The Morgan fingerprint density at radius 2 is 1.24 bits per heavy atom.